The van der Waals surface area contributed by atoms with Crippen molar-refractivity contribution >= 4 is 11.6 Å². The Hall–Kier alpha value is -1.62. The summed E-state index contributed by atoms with van der Waals surface area (Å²) in [6, 6.07) is 2.05. The van der Waals surface area contributed by atoms with Crippen molar-refractivity contribution in [3.63, 3.8) is 0 Å². The molecule has 1 aliphatic heterocycles. The van der Waals surface area contributed by atoms with Gasteiger partial charge in [0.15, 0.2) is 0 Å². The number of carbonyl (C=O) groups is 1. The SMILES string of the molecule is Cc1cnccc1N1CCN(C(=O)[C@@H]2CCC[C@@H](O)C2)CC1. The van der Waals surface area contributed by atoms with Crippen LogP contribution in [0.1, 0.15) is 31.2 Å². The van der Waals surface area contributed by atoms with E-state index in [2.05, 4.69) is 16.8 Å². The fourth-order valence-electron chi connectivity index (χ4n) is 3.64. The van der Waals surface area contributed by atoms with Crippen LogP contribution in [0, 0.1) is 12.8 Å². The van der Waals surface area contributed by atoms with E-state index in [0.29, 0.717) is 6.42 Å². The van der Waals surface area contributed by atoms with Crippen LogP contribution in [0.4, 0.5) is 5.69 Å². The molecule has 0 bridgehead atoms. The number of aliphatic hydroxyl groups is 1. The highest BCUT2D eigenvalue weighted by Crippen LogP contribution is 2.27. The first-order chi connectivity index (χ1) is 10.6. The summed E-state index contributed by atoms with van der Waals surface area (Å²) in [5.41, 5.74) is 2.40. The minimum atomic E-state index is -0.288. The maximum absolute atomic E-state index is 12.6. The van der Waals surface area contributed by atoms with E-state index in [9.17, 15) is 9.90 Å². The number of hydrogen-bond acceptors (Lipinski definition) is 4. The number of anilines is 1. The number of rotatable bonds is 2. The molecule has 3 rings (SSSR count). The van der Waals surface area contributed by atoms with Gasteiger partial charge in [0.1, 0.15) is 0 Å². The zero-order valence-corrected chi connectivity index (χ0v) is 13.2. The lowest BCUT2D eigenvalue weighted by Gasteiger charge is -2.39. The summed E-state index contributed by atoms with van der Waals surface area (Å²) in [4.78, 5) is 21.0. The number of amides is 1. The fraction of sp³-hybridized carbons (Fsp3) is 0.647. The Labute approximate surface area is 131 Å². The van der Waals surface area contributed by atoms with Gasteiger partial charge in [-0.3, -0.25) is 9.78 Å². The predicted octanol–water partition coefficient (Wildman–Crippen LogP) is 1.59. The summed E-state index contributed by atoms with van der Waals surface area (Å²) in [5, 5.41) is 9.76. The summed E-state index contributed by atoms with van der Waals surface area (Å²) in [5.74, 6) is 0.266. The van der Waals surface area contributed by atoms with Crippen molar-refractivity contribution in [1.29, 1.82) is 0 Å². The summed E-state index contributed by atoms with van der Waals surface area (Å²) in [6.07, 6.45) is 6.80. The van der Waals surface area contributed by atoms with E-state index in [0.717, 1.165) is 45.4 Å². The van der Waals surface area contributed by atoms with E-state index in [-0.39, 0.29) is 17.9 Å². The van der Waals surface area contributed by atoms with Crippen molar-refractivity contribution in [1.82, 2.24) is 9.88 Å². The molecule has 2 atom stereocenters. The smallest absolute Gasteiger partial charge is 0.225 e. The topological polar surface area (TPSA) is 56.7 Å². The van der Waals surface area contributed by atoms with E-state index in [4.69, 9.17) is 0 Å². The largest absolute Gasteiger partial charge is 0.393 e. The van der Waals surface area contributed by atoms with Gasteiger partial charge in [0.05, 0.1) is 6.10 Å². The molecule has 1 saturated heterocycles. The number of pyridine rings is 1. The maximum Gasteiger partial charge on any atom is 0.225 e. The molecule has 0 radical (unpaired) electrons. The predicted molar refractivity (Wildman–Crippen MR) is 85.7 cm³/mol. The van der Waals surface area contributed by atoms with Crippen molar-refractivity contribution < 1.29 is 9.90 Å². The Morgan fingerprint density at radius 2 is 2.05 bits per heavy atom. The minimum absolute atomic E-state index is 0.0259. The molecule has 1 aromatic rings. The van der Waals surface area contributed by atoms with Crippen molar-refractivity contribution in [2.75, 3.05) is 31.1 Å². The number of aliphatic hydroxyl groups excluding tert-OH is 1. The number of nitrogens with zero attached hydrogens (tertiary/aromatic N) is 3. The van der Waals surface area contributed by atoms with Gasteiger partial charge in [0.2, 0.25) is 5.91 Å². The lowest BCUT2D eigenvalue weighted by atomic mass is 9.86. The highest BCUT2D eigenvalue weighted by Gasteiger charge is 2.31. The molecule has 0 spiro atoms. The molecule has 5 nitrogen and oxygen atoms in total. The third kappa shape index (κ3) is 3.24. The van der Waals surface area contributed by atoms with Crippen molar-refractivity contribution in [3.8, 4) is 0 Å². The normalized spacial score (nSPS) is 26.1. The molecule has 0 aromatic carbocycles. The van der Waals surface area contributed by atoms with Gasteiger partial charge in [-0.15, -0.1) is 0 Å². The summed E-state index contributed by atoms with van der Waals surface area (Å²) in [6.45, 7) is 5.35. The lowest BCUT2D eigenvalue weighted by molar-refractivity contribution is -0.138. The molecular weight excluding hydrogens is 278 g/mol. The summed E-state index contributed by atoms with van der Waals surface area (Å²) in [7, 11) is 0. The van der Waals surface area contributed by atoms with Gasteiger partial charge in [-0.2, -0.15) is 0 Å². The van der Waals surface area contributed by atoms with Gasteiger partial charge in [0, 0.05) is 50.2 Å². The van der Waals surface area contributed by atoms with Crippen molar-refractivity contribution in [2.24, 2.45) is 5.92 Å². The third-order valence-corrected chi connectivity index (χ3v) is 4.92. The van der Waals surface area contributed by atoms with Crippen LogP contribution in [-0.4, -0.2) is 53.2 Å². The van der Waals surface area contributed by atoms with Crippen molar-refractivity contribution in [2.45, 2.75) is 38.7 Å². The van der Waals surface area contributed by atoms with E-state index < -0.39 is 0 Å². The van der Waals surface area contributed by atoms with Crippen molar-refractivity contribution in [3.05, 3.63) is 24.0 Å². The molecule has 22 heavy (non-hydrogen) atoms. The van der Waals surface area contributed by atoms with Crippen LogP contribution in [0.2, 0.25) is 0 Å². The first-order valence-corrected chi connectivity index (χ1v) is 8.27. The van der Waals surface area contributed by atoms with Crippen LogP contribution < -0.4 is 4.90 Å². The first-order valence-electron chi connectivity index (χ1n) is 8.27. The number of aryl methyl sites for hydroxylation is 1. The molecule has 2 heterocycles. The minimum Gasteiger partial charge on any atom is -0.393 e. The molecule has 0 unspecified atom stereocenters. The van der Waals surface area contributed by atoms with Crippen LogP contribution in [0.15, 0.2) is 18.5 Å². The van der Waals surface area contributed by atoms with Crippen LogP contribution >= 0.6 is 0 Å². The van der Waals surface area contributed by atoms with Gasteiger partial charge in [-0.1, -0.05) is 6.42 Å². The zero-order chi connectivity index (χ0) is 15.5. The Balaban J connectivity index is 1.57. The van der Waals surface area contributed by atoms with E-state index >= 15 is 0 Å². The Bertz CT molecular complexity index is 526. The van der Waals surface area contributed by atoms with Crippen LogP contribution in [0.5, 0.6) is 0 Å². The number of carbonyl (C=O) groups excluding carboxylic acids is 1. The molecular formula is C17H25N3O2. The second kappa shape index (κ2) is 6.65. The fourth-order valence-corrected chi connectivity index (χ4v) is 3.64. The molecule has 2 fully saturated rings. The molecule has 5 heteroatoms. The van der Waals surface area contributed by atoms with Crippen LogP contribution in [-0.2, 0) is 4.79 Å². The standard InChI is InChI=1S/C17H25N3O2/c1-13-12-18-6-5-16(13)19-7-9-20(10-8-19)17(22)14-3-2-4-15(21)11-14/h5-6,12,14-15,21H,2-4,7-11H2,1H3/t14-,15-/m1/s1. The van der Waals surface area contributed by atoms with Gasteiger partial charge < -0.3 is 14.9 Å². The van der Waals surface area contributed by atoms with E-state index in [1.807, 2.05) is 23.4 Å². The first kappa shape index (κ1) is 15.3. The molecule has 1 N–H and O–H groups in total. The molecule has 1 aromatic heterocycles. The van der Waals surface area contributed by atoms with Crippen LogP contribution in [0.25, 0.3) is 0 Å². The lowest BCUT2D eigenvalue weighted by Crippen LogP contribution is -2.51. The monoisotopic (exact) mass is 303 g/mol. The van der Waals surface area contributed by atoms with Gasteiger partial charge in [-0.05, 0) is 37.8 Å². The van der Waals surface area contributed by atoms with Gasteiger partial charge in [0.25, 0.3) is 0 Å². The summed E-state index contributed by atoms with van der Waals surface area (Å²) < 4.78 is 0. The summed E-state index contributed by atoms with van der Waals surface area (Å²) >= 11 is 0. The Morgan fingerprint density at radius 1 is 1.27 bits per heavy atom. The second-order valence-electron chi connectivity index (χ2n) is 6.49. The highest BCUT2D eigenvalue weighted by atomic mass is 16.3. The number of piperazine rings is 1. The zero-order valence-electron chi connectivity index (χ0n) is 13.2. The molecule has 120 valence electrons. The third-order valence-electron chi connectivity index (χ3n) is 4.92. The number of hydrogen-bond donors (Lipinski definition) is 1. The number of aromatic nitrogens is 1. The van der Waals surface area contributed by atoms with Gasteiger partial charge in [-0.25, -0.2) is 0 Å². The van der Waals surface area contributed by atoms with E-state index in [1.54, 1.807) is 0 Å². The Kier molecular flexibility index (Phi) is 4.62. The molecule has 1 saturated carbocycles. The highest BCUT2D eigenvalue weighted by molar-refractivity contribution is 5.79. The quantitative estimate of drug-likeness (QED) is 0.901. The average molecular weight is 303 g/mol. The maximum atomic E-state index is 12.6. The molecule has 1 amide bonds. The molecule has 1 aliphatic carbocycles. The van der Waals surface area contributed by atoms with E-state index in [1.165, 1.54) is 11.3 Å². The second-order valence-corrected chi connectivity index (χ2v) is 6.49. The van der Waals surface area contributed by atoms with Crippen LogP contribution in [0.3, 0.4) is 0 Å². The average Bonchev–Trinajstić information content (AvgIpc) is 2.55. The molecule has 2 aliphatic rings. The Morgan fingerprint density at radius 3 is 2.73 bits per heavy atom. The van der Waals surface area contributed by atoms with Gasteiger partial charge >= 0.3 is 0 Å².